The summed E-state index contributed by atoms with van der Waals surface area (Å²) < 4.78 is 5.36. The fraction of sp³-hybridized carbons (Fsp3) is 0.439. The van der Waals surface area contributed by atoms with E-state index in [9.17, 15) is 19.2 Å². The van der Waals surface area contributed by atoms with Gasteiger partial charge in [-0.2, -0.15) is 5.11 Å². The number of nitrogens with zero attached hydrogens (tertiary/aromatic N) is 3. The van der Waals surface area contributed by atoms with E-state index in [2.05, 4.69) is 44.1 Å². The van der Waals surface area contributed by atoms with Crippen LogP contribution in [0.15, 0.2) is 82.0 Å². The van der Waals surface area contributed by atoms with E-state index in [4.69, 9.17) is 4.74 Å². The van der Waals surface area contributed by atoms with Gasteiger partial charge in [0.25, 0.3) is 0 Å². The van der Waals surface area contributed by atoms with E-state index < -0.39 is 17.6 Å². The molecule has 266 valence electrons. The van der Waals surface area contributed by atoms with Crippen LogP contribution in [0.4, 0.5) is 10.5 Å². The molecule has 1 heterocycles. The Hall–Kier alpha value is -4.99. The predicted molar refractivity (Wildman–Crippen MR) is 197 cm³/mol. The number of amidine groups is 1. The molecule has 10 heteroatoms. The van der Waals surface area contributed by atoms with E-state index in [1.54, 1.807) is 0 Å². The lowest BCUT2D eigenvalue weighted by molar-refractivity contribution is -0.129. The number of carbonyl (C=O) groups excluding carboxylic acids is 4. The third kappa shape index (κ3) is 9.84. The molecule has 1 atom stereocenters. The van der Waals surface area contributed by atoms with Crippen LogP contribution in [0.5, 0.6) is 0 Å². The molecule has 0 aromatic heterocycles. The Labute approximate surface area is 299 Å². The van der Waals surface area contributed by atoms with Crippen LogP contribution < -0.4 is 10.6 Å². The van der Waals surface area contributed by atoms with Crippen molar-refractivity contribution in [1.82, 2.24) is 5.32 Å². The lowest BCUT2D eigenvalue weighted by Gasteiger charge is -2.29. The minimum absolute atomic E-state index is 0.105. The molecule has 0 spiro atoms. The van der Waals surface area contributed by atoms with Crippen LogP contribution in [0, 0.1) is 17.8 Å². The molecule has 0 radical (unpaired) electrons. The number of aryl methyl sites for hydroxylation is 1. The molecule has 0 saturated heterocycles. The van der Waals surface area contributed by atoms with Crippen LogP contribution in [0.1, 0.15) is 81.5 Å². The van der Waals surface area contributed by atoms with Crippen molar-refractivity contribution in [2.75, 3.05) is 18.5 Å². The number of anilines is 1. The second kappa shape index (κ2) is 15.9. The Bertz CT molecular complexity index is 1820. The molecule has 1 fully saturated rings. The standard InChI is InChI=1S/C41H47N5O5/c1-41(2,3)51-40(50)42-24-27-6-10-30(11-7-27)37(48)23-34(39(49)45-35-17-14-31(15-18-35)38-43-25-44-46-38)20-26-4-8-28(9-5-26)32-13-12-29-16-19-36(47)22-33(29)21-32/h4-5,8-9,12-15,17-18,21,27,30,34H,6-7,10-11,16,19-20,22-25H2,1-3H3,(H,42,50)(H,45,49)/t27?,30?,34-/m1/s1. The number of nitrogens with one attached hydrogen (secondary N) is 2. The SMILES string of the molecule is CC(C)(C)OC(=O)NCC1CCC(C(=O)C[C@@H](Cc2ccc(-c3ccc4c(c3)CC(=O)CC4)cc2)C(=O)Nc2ccc(C3=NCN=N3)cc2)CC1. The van der Waals surface area contributed by atoms with Gasteiger partial charge < -0.3 is 15.4 Å². The highest BCUT2D eigenvalue weighted by Crippen LogP contribution is 2.32. The van der Waals surface area contributed by atoms with Crippen molar-refractivity contribution in [2.45, 2.75) is 84.2 Å². The molecule has 3 aromatic rings. The minimum atomic E-state index is -0.558. The van der Waals surface area contributed by atoms with E-state index in [0.717, 1.165) is 59.9 Å². The number of alkyl carbamates (subject to hydrolysis) is 1. The molecule has 6 rings (SSSR count). The Kier molecular flexibility index (Phi) is 11.2. The molecule has 2 aliphatic carbocycles. The monoisotopic (exact) mass is 689 g/mol. The average Bonchev–Trinajstić information content (AvgIpc) is 3.66. The van der Waals surface area contributed by atoms with Gasteiger partial charge in [0.2, 0.25) is 5.91 Å². The van der Waals surface area contributed by atoms with Gasteiger partial charge in [-0.05, 0) is 117 Å². The maximum Gasteiger partial charge on any atom is 0.407 e. The summed E-state index contributed by atoms with van der Waals surface area (Å²) in [6, 6.07) is 21.8. The number of amides is 2. The molecule has 3 aliphatic rings. The van der Waals surface area contributed by atoms with Crippen LogP contribution >= 0.6 is 0 Å². The Balaban J connectivity index is 1.11. The highest BCUT2D eigenvalue weighted by molar-refractivity contribution is 6.01. The number of Topliss-reactive ketones (excluding diaryl/α,β-unsaturated/α-hetero) is 2. The van der Waals surface area contributed by atoms with Crippen molar-refractivity contribution in [2.24, 2.45) is 33.0 Å². The number of benzene rings is 3. The smallest absolute Gasteiger partial charge is 0.407 e. The summed E-state index contributed by atoms with van der Waals surface area (Å²) in [4.78, 5) is 56.0. The quantitative estimate of drug-likeness (QED) is 0.213. The fourth-order valence-electron chi connectivity index (χ4n) is 7.13. The zero-order valence-corrected chi connectivity index (χ0v) is 29.7. The molecule has 2 N–H and O–H groups in total. The molecule has 2 amide bonds. The third-order valence-corrected chi connectivity index (χ3v) is 9.95. The van der Waals surface area contributed by atoms with Gasteiger partial charge in [0.1, 0.15) is 17.2 Å². The molecule has 0 bridgehead atoms. The first-order chi connectivity index (χ1) is 24.5. The molecular weight excluding hydrogens is 642 g/mol. The van der Waals surface area contributed by atoms with Crippen molar-refractivity contribution < 1.29 is 23.9 Å². The lowest BCUT2D eigenvalue weighted by Crippen LogP contribution is -2.37. The lowest BCUT2D eigenvalue weighted by atomic mass is 9.77. The summed E-state index contributed by atoms with van der Waals surface area (Å²) in [5.74, 6) is 0.368. The molecule has 10 nitrogen and oxygen atoms in total. The summed E-state index contributed by atoms with van der Waals surface area (Å²) in [6.45, 7) is 6.35. The normalized spacial score (nSPS) is 19.1. The second-order valence-electron chi connectivity index (χ2n) is 15.0. The van der Waals surface area contributed by atoms with Crippen molar-refractivity contribution >= 4 is 35.1 Å². The van der Waals surface area contributed by atoms with E-state index in [0.29, 0.717) is 44.0 Å². The number of hydrogen-bond donors (Lipinski definition) is 2. The van der Waals surface area contributed by atoms with E-state index in [1.165, 1.54) is 5.56 Å². The van der Waals surface area contributed by atoms with Gasteiger partial charge in [-0.25, -0.2) is 9.79 Å². The first-order valence-electron chi connectivity index (χ1n) is 18.0. The Morgan fingerprint density at radius 2 is 1.57 bits per heavy atom. The summed E-state index contributed by atoms with van der Waals surface area (Å²) >= 11 is 0. The van der Waals surface area contributed by atoms with Crippen LogP contribution in [0.25, 0.3) is 11.1 Å². The second-order valence-corrected chi connectivity index (χ2v) is 15.0. The van der Waals surface area contributed by atoms with Crippen molar-refractivity contribution in [3.63, 3.8) is 0 Å². The largest absolute Gasteiger partial charge is 0.444 e. The number of rotatable bonds is 11. The van der Waals surface area contributed by atoms with Crippen LogP contribution in [-0.4, -0.2) is 48.2 Å². The van der Waals surface area contributed by atoms with Crippen molar-refractivity contribution in [3.8, 4) is 11.1 Å². The molecule has 3 aromatic carbocycles. The number of hydrogen-bond acceptors (Lipinski definition) is 8. The highest BCUT2D eigenvalue weighted by atomic mass is 16.6. The number of carbonyl (C=O) groups is 4. The highest BCUT2D eigenvalue weighted by Gasteiger charge is 2.31. The topological polar surface area (TPSA) is 139 Å². The van der Waals surface area contributed by atoms with Crippen LogP contribution in [-0.2, 0) is 38.4 Å². The molecule has 1 saturated carbocycles. The number of fused-ring (bicyclic) bond motifs is 1. The summed E-state index contributed by atoms with van der Waals surface area (Å²) in [6.07, 6.45) is 5.17. The summed E-state index contributed by atoms with van der Waals surface area (Å²) in [5, 5.41) is 13.9. The number of ketones is 2. The first-order valence-corrected chi connectivity index (χ1v) is 18.0. The van der Waals surface area contributed by atoms with Gasteiger partial charge in [-0.15, -0.1) is 5.11 Å². The average molecular weight is 690 g/mol. The number of aliphatic imine (C=N–C) groups is 1. The molecule has 1 aliphatic heterocycles. The fourth-order valence-corrected chi connectivity index (χ4v) is 7.13. The van der Waals surface area contributed by atoms with Gasteiger partial charge in [-0.3, -0.25) is 14.4 Å². The van der Waals surface area contributed by atoms with Gasteiger partial charge in [0.05, 0.1) is 0 Å². The first kappa shape index (κ1) is 35.8. The van der Waals surface area contributed by atoms with Gasteiger partial charge in [0.15, 0.2) is 12.5 Å². The van der Waals surface area contributed by atoms with Crippen LogP contribution in [0.2, 0.25) is 0 Å². The van der Waals surface area contributed by atoms with E-state index >= 15 is 0 Å². The maximum atomic E-state index is 13.8. The Morgan fingerprint density at radius 3 is 2.25 bits per heavy atom. The Morgan fingerprint density at radius 1 is 0.863 bits per heavy atom. The molecule has 0 unspecified atom stereocenters. The molecule has 51 heavy (non-hydrogen) atoms. The van der Waals surface area contributed by atoms with Crippen molar-refractivity contribution in [3.05, 3.63) is 89.0 Å². The van der Waals surface area contributed by atoms with Crippen molar-refractivity contribution in [1.29, 1.82) is 0 Å². The predicted octanol–water partition coefficient (Wildman–Crippen LogP) is 7.67. The van der Waals surface area contributed by atoms with Gasteiger partial charge in [-0.1, -0.05) is 42.5 Å². The summed E-state index contributed by atoms with van der Waals surface area (Å²) in [5.41, 5.74) is 6.32. The van der Waals surface area contributed by atoms with E-state index in [-0.39, 0.29) is 35.7 Å². The maximum absolute atomic E-state index is 13.8. The van der Waals surface area contributed by atoms with Gasteiger partial charge >= 0.3 is 6.09 Å². The minimum Gasteiger partial charge on any atom is -0.444 e. The molecular formula is C41H47N5O5. The zero-order chi connectivity index (χ0) is 36.0. The van der Waals surface area contributed by atoms with Crippen LogP contribution in [0.3, 0.4) is 0 Å². The third-order valence-electron chi connectivity index (χ3n) is 9.95. The van der Waals surface area contributed by atoms with Gasteiger partial charge in [0, 0.05) is 48.9 Å². The summed E-state index contributed by atoms with van der Waals surface area (Å²) in [7, 11) is 0. The zero-order valence-electron chi connectivity index (χ0n) is 29.7. The number of azo groups is 1. The number of ether oxygens (including phenoxy) is 1. The van der Waals surface area contributed by atoms with E-state index in [1.807, 2.05) is 69.3 Å².